The Morgan fingerprint density at radius 3 is 2.33 bits per heavy atom. The zero-order valence-corrected chi connectivity index (χ0v) is 17.9. The second kappa shape index (κ2) is 8.82. The van der Waals surface area contributed by atoms with Crippen molar-refractivity contribution in [2.45, 2.75) is 31.2 Å². The lowest BCUT2D eigenvalue weighted by Gasteiger charge is -2.22. The first-order valence-electron chi connectivity index (χ1n) is 10.6. The van der Waals surface area contributed by atoms with Crippen molar-refractivity contribution in [3.8, 4) is 11.1 Å². The molecule has 3 atom stereocenters. The molecule has 0 saturated heterocycles. The lowest BCUT2D eigenvalue weighted by Crippen LogP contribution is -2.41. The van der Waals surface area contributed by atoms with Gasteiger partial charge in [0.05, 0.1) is 5.92 Å². The number of carboxylic acid groups (broad SMARTS) is 2. The number of aromatic nitrogens is 2. The van der Waals surface area contributed by atoms with Gasteiger partial charge in [0, 0.05) is 17.7 Å². The lowest BCUT2D eigenvalue weighted by atomic mass is 9.94. The Morgan fingerprint density at radius 2 is 1.70 bits per heavy atom. The highest BCUT2D eigenvalue weighted by Crippen LogP contribution is 2.55. The van der Waals surface area contributed by atoms with Gasteiger partial charge < -0.3 is 15.5 Å². The van der Waals surface area contributed by atoms with E-state index in [0.717, 1.165) is 16.7 Å². The molecular weight excluding hydrogens is 422 g/mol. The van der Waals surface area contributed by atoms with E-state index in [4.69, 9.17) is 5.11 Å². The average molecular weight is 445 g/mol. The number of hydrogen-bond acceptors (Lipinski definition) is 5. The summed E-state index contributed by atoms with van der Waals surface area (Å²) in [6.45, 7) is 1.60. The summed E-state index contributed by atoms with van der Waals surface area (Å²) in [5, 5.41) is 21.5. The summed E-state index contributed by atoms with van der Waals surface area (Å²) in [6, 6.07) is 19.2. The molecule has 3 N–H and O–H groups in total. The highest BCUT2D eigenvalue weighted by molar-refractivity contribution is 5.93. The number of hydrogen-bond donors (Lipinski definition) is 3. The van der Waals surface area contributed by atoms with Gasteiger partial charge in [0.15, 0.2) is 5.69 Å². The molecule has 0 bridgehead atoms. The number of rotatable bonds is 8. The molecule has 1 aromatic heterocycles. The lowest BCUT2D eigenvalue weighted by molar-refractivity contribution is -0.141. The summed E-state index contributed by atoms with van der Waals surface area (Å²) in [5.74, 6) is -3.84. The van der Waals surface area contributed by atoms with Gasteiger partial charge >= 0.3 is 11.9 Å². The van der Waals surface area contributed by atoms with E-state index in [0.29, 0.717) is 6.42 Å². The highest BCUT2D eigenvalue weighted by atomic mass is 16.4. The predicted octanol–water partition coefficient (Wildman–Crippen LogP) is 3.61. The van der Waals surface area contributed by atoms with E-state index >= 15 is 0 Å². The Kier molecular flexibility index (Phi) is 5.91. The van der Waals surface area contributed by atoms with Crippen LogP contribution in [0.5, 0.6) is 0 Å². The molecule has 0 aliphatic heterocycles. The first-order chi connectivity index (χ1) is 15.8. The molecule has 1 aliphatic rings. The van der Waals surface area contributed by atoms with Crippen LogP contribution < -0.4 is 5.32 Å². The normalized spacial score (nSPS) is 20.0. The molecule has 1 amide bonds. The highest BCUT2D eigenvalue weighted by Gasteiger charge is 2.57. The van der Waals surface area contributed by atoms with Crippen LogP contribution in [0.2, 0.25) is 0 Å². The number of carbonyl (C=O) groups is 3. The van der Waals surface area contributed by atoms with E-state index in [1.165, 1.54) is 12.3 Å². The van der Waals surface area contributed by atoms with Crippen LogP contribution in [0, 0.1) is 5.92 Å². The maximum absolute atomic E-state index is 12.9. The fraction of sp³-hybridized carbons (Fsp3) is 0.240. The molecule has 1 saturated carbocycles. The molecule has 33 heavy (non-hydrogen) atoms. The molecule has 4 rings (SSSR count). The van der Waals surface area contributed by atoms with Crippen molar-refractivity contribution in [3.05, 3.63) is 83.9 Å². The van der Waals surface area contributed by atoms with Gasteiger partial charge in [0.2, 0.25) is 5.82 Å². The summed E-state index contributed by atoms with van der Waals surface area (Å²) < 4.78 is 0. The van der Waals surface area contributed by atoms with Crippen LogP contribution >= 0.6 is 0 Å². The van der Waals surface area contributed by atoms with Crippen molar-refractivity contribution in [3.63, 3.8) is 0 Å². The van der Waals surface area contributed by atoms with Gasteiger partial charge in [0.25, 0.3) is 5.91 Å². The van der Waals surface area contributed by atoms with Gasteiger partial charge in [-0.3, -0.25) is 9.59 Å². The Bertz CT molecular complexity index is 1200. The second-order valence-electron chi connectivity index (χ2n) is 8.37. The summed E-state index contributed by atoms with van der Waals surface area (Å²) in [7, 11) is 0. The van der Waals surface area contributed by atoms with E-state index in [1.807, 2.05) is 54.6 Å². The molecule has 1 unspecified atom stereocenters. The number of carbonyl (C=O) groups excluding carboxylic acids is 1. The molecule has 1 aliphatic carbocycles. The van der Waals surface area contributed by atoms with Gasteiger partial charge in [-0.2, -0.15) is 0 Å². The summed E-state index contributed by atoms with van der Waals surface area (Å²) in [5.41, 5.74) is 2.09. The van der Waals surface area contributed by atoms with E-state index in [9.17, 15) is 19.5 Å². The van der Waals surface area contributed by atoms with Crippen LogP contribution in [0.4, 0.5) is 0 Å². The smallest absolute Gasteiger partial charge is 0.354 e. The van der Waals surface area contributed by atoms with Gasteiger partial charge in [0.1, 0.15) is 0 Å². The molecule has 168 valence electrons. The summed E-state index contributed by atoms with van der Waals surface area (Å²) in [6.07, 6.45) is 2.02. The fourth-order valence-corrected chi connectivity index (χ4v) is 4.20. The first-order valence-corrected chi connectivity index (χ1v) is 10.6. The number of amides is 1. The van der Waals surface area contributed by atoms with Crippen LogP contribution in [-0.4, -0.2) is 43.6 Å². The number of carboxylic acids is 2. The third-order valence-electron chi connectivity index (χ3n) is 6.03. The van der Waals surface area contributed by atoms with E-state index in [2.05, 4.69) is 15.3 Å². The topological polar surface area (TPSA) is 129 Å². The third kappa shape index (κ3) is 4.74. The average Bonchev–Trinajstić information content (AvgIpc) is 3.52. The van der Waals surface area contributed by atoms with Gasteiger partial charge in [-0.15, -0.1) is 0 Å². The zero-order chi connectivity index (χ0) is 23.6. The van der Waals surface area contributed by atoms with Gasteiger partial charge in [-0.25, -0.2) is 14.8 Å². The minimum absolute atomic E-state index is 0.0734. The van der Waals surface area contributed by atoms with Crippen molar-refractivity contribution >= 4 is 17.8 Å². The Balaban J connectivity index is 1.57. The maximum atomic E-state index is 12.9. The number of nitrogens with one attached hydrogen (secondary N) is 1. The fourth-order valence-electron chi connectivity index (χ4n) is 4.20. The monoisotopic (exact) mass is 445 g/mol. The minimum atomic E-state index is -1.26. The quantitative estimate of drug-likeness (QED) is 0.483. The summed E-state index contributed by atoms with van der Waals surface area (Å²) >= 11 is 0. The second-order valence-corrected chi connectivity index (χ2v) is 8.37. The summed E-state index contributed by atoms with van der Waals surface area (Å²) in [4.78, 5) is 43.3. The molecule has 8 heteroatoms. The van der Waals surface area contributed by atoms with Crippen molar-refractivity contribution in [2.24, 2.45) is 5.92 Å². The SMILES string of the molecule is C[C@H](CC1(NC(=O)c2nccc(C(=O)O)n2)C[C@H]1c1ccc(-c2ccccc2)cc1)C(=O)O. The number of aliphatic carboxylic acids is 1. The first kappa shape index (κ1) is 22.1. The van der Waals surface area contributed by atoms with E-state index in [-0.39, 0.29) is 23.9 Å². The Morgan fingerprint density at radius 1 is 1.03 bits per heavy atom. The van der Waals surface area contributed by atoms with Crippen molar-refractivity contribution in [2.75, 3.05) is 0 Å². The van der Waals surface area contributed by atoms with Crippen LogP contribution in [0.25, 0.3) is 11.1 Å². The van der Waals surface area contributed by atoms with Crippen LogP contribution in [0.15, 0.2) is 66.9 Å². The van der Waals surface area contributed by atoms with Crippen molar-refractivity contribution < 1.29 is 24.6 Å². The predicted molar refractivity (Wildman–Crippen MR) is 120 cm³/mol. The Labute approximate surface area is 190 Å². The van der Waals surface area contributed by atoms with E-state index < -0.39 is 29.3 Å². The molecule has 3 aromatic rings. The minimum Gasteiger partial charge on any atom is -0.481 e. The maximum Gasteiger partial charge on any atom is 0.354 e. The van der Waals surface area contributed by atoms with E-state index in [1.54, 1.807) is 6.92 Å². The third-order valence-corrected chi connectivity index (χ3v) is 6.03. The molecule has 0 spiro atoms. The van der Waals surface area contributed by atoms with Crippen LogP contribution in [-0.2, 0) is 4.79 Å². The molecule has 1 fully saturated rings. The largest absolute Gasteiger partial charge is 0.481 e. The molecule has 0 radical (unpaired) electrons. The number of aromatic carboxylic acids is 1. The van der Waals surface area contributed by atoms with Crippen LogP contribution in [0.1, 0.15) is 52.4 Å². The molecule has 1 heterocycles. The van der Waals surface area contributed by atoms with Crippen molar-refractivity contribution in [1.29, 1.82) is 0 Å². The molecule has 8 nitrogen and oxygen atoms in total. The number of nitrogens with zero attached hydrogens (tertiary/aromatic N) is 2. The van der Waals surface area contributed by atoms with Crippen LogP contribution in [0.3, 0.4) is 0 Å². The molecule has 2 aromatic carbocycles. The van der Waals surface area contributed by atoms with Gasteiger partial charge in [-0.1, -0.05) is 61.5 Å². The van der Waals surface area contributed by atoms with Gasteiger partial charge in [-0.05, 0) is 35.6 Å². The molecular formula is C25H23N3O5. The number of benzene rings is 2. The standard InChI is InChI=1S/C25H23N3O5/c1-15(23(30)31)13-25(28-22(29)21-26-12-11-20(27-21)24(32)33)14-19(25)18-9-7-17(8-10-18)16-5-3-2-4-6-16/h2-12,15,19H,13-14H2,1H3,(H,28,29)(H,30,31)(H,32,33)/t15-,19+,25?/m1/s1. The zero-order valence-electron chi connectivity index (χ0n) is 17.9. The Hall–Kier alpha value is -4.07. The van der Waals surface area contributed by atoms with Crippen molar-refractivity contribution in [1.82, 2.24) is 15.3 Å².